The highest BCUT2D eigenvalue weighted by Crippen LogP contribution is 2.16. The summed E-state index contributed by atoms with van der Waals surface area (Å²) in [7, 11) is 4.77. The van der Waals surface area contributed by atoms with Gasteiger partial charge in [-0.1, -0.05) is 0 Å². The van der Waals surface area contributed by atoms with Gasteiger partial charge in [0.2, 0.25) is 5.91 Å². The third kappa shape index (κ3) is 5.90. The molecule has 0 fully saturated rings. The van der Waals surface area contributed by atoms with E-state index in [1.165, 1.54) is 21.7 Å². The van der Waals surface area contributed by atoms with Gasteiger partial charge < -0.3 is 19.8 Å². The summed E-state index contributed by atoms with van der Waals surface area (Å²) in [5.74, 6) is -1.15. The molecule has 0 saturated carbocycles. The fourth-order valence-corrected chi connectivity index (χ4v) is 1.54. The first-order valence-electron chi connectivity index (χ1n) is 6.41. The normalized spacial score (nSPS) is 10.9. The summed E-state index contributed by atoms with van der Waals surface area (Å²) in [6.07, 6.45) is -0.127. The Morgan fingerprint density at radius 1 is 1.05 bits per heavy atom. The molecule has 0 aliphatic carbocycles. The lowest BCUT2D eigenvalue weighted by Gasteiger charge is -2.38. The fourth-order valence-electron chi connectivity index (χ4n) is 1.54. The van der Waals surface area contributed by atoms with Gasteiger partial charge in [-0.05, 0) is 20.8 Å². The van der Waals surface area contributed by atoms with Crippen LogP contribution in [0.3, 0.4) is 0 Å². The van der Waals surface area contributed by atoms with Gasteiger partial charge in [-0.25, -0.2) is 4.79 Å². The maximum atomic E-state index is 12.3. The zero-order valence-corrected chi connectivity index (χ0v) is 13.1. The van der Waals surface area contributed by atoms with E-state index in [9.17, 15) is 14.4 Å². The Labute approximate surface area is 120 Å². The third-order valence-electron chi connectivity index (χ3n) is 2.79. The van der Waals surface area contributed by atoms with E-state index in [1.807, 2.05) is 20.8 Å². The van der Waals surface area contributed by atoms with Crippen molar-refractivity contribution in [3.8, 4) is 0 Å². The number of amides is 3. The molecule has 0 saturated heterocycles. The van der Waals surface area contributed by atoms with Crippen molar-refractivity contribution in [2.24, 2.45) is 0 Å². The number of urea groups is 1. The molecule has 0 atom stereocenters. The van der Waals surface area contributed by atoms with Gasteiger partial charge in [-0.2, -0.15) is 0 Å². The molecule has 3 amide bonds. The van der Waals surface area contributed by atoms with Gasteiger partial charge in [0, 0.05) is 33.2 Å². The zero-order chi connectivity index (χ0) is 16.1. The lowest BCUT2D eigenvalue weighted by Crippen LogP contribution is -2.53. The van der Waals surface area contributed by atoms with Crippen LogP contribution in [0.5, 0.6) is 0 Å². The van der Waals surface area contributed by atoms with E-state index in [4.69, 9.17) is 5.11 Å². The molecule has 0 heterocycles. The lowest BCUT2D eigenvalue weighted by atomic mass is 10.1. The number of hydrogen-bond donors (Lipinski definition) is 1. The molecule has 116 valence electrons. The molecule has 20 heavy (non-hydrogen) atoms. The number of rotatable bonds is 5. The molecule has 0 spiro atoms. The van der Waals surface area contributed by atoms with Crippen LogP contribution in [0.25, 0.3) is 0 Å². The van der Waals surface area contributed by atoms with E-state index in [0.29, 0.717) is 0 Å². The topological polar surface area (TPSA) is 81.2 Å². The van der Waals surface area contributed by atoms with Crippen molar-refractivity contribution in [1.29, 1.82) is 0 Å². The van der Waals surface area contributed by atoms with Crippen molar-refractivity contribution in [3.63, 3.8) is 0 Å². The molecule has 0 aromatic carbocycles. The Hall–Kier alpha value is -1.79. The van der Waals surface area contributed by atoms with Crippen LogP contribution in [0.2, 0.25) is 0 Å². The van der Waals surface area contributed by atoms with Crippen LogP contribution in [-0.4, -0.2) is 77.5 Å². The standard InChI is InChI=1S/C13H25N3O4/c1-13(2,3)16(8-7-11(18)19)12(20)15(6)9-10(17)14(4)5/h7-9H2,1-6H3,(H,18,19). The van der Waals surface area contributed by atoms with E-state index in [2.05, 4.69) is 0 Å². The maximum absolute atomic E-state index is 12.3. The van der Waals surface area contributed by atoms with Crippen molar-refractivity contribution in [1.82, 2.24) is 14.7 Å². The van der Waals surface area contributed by atoms with Crippen LogP contribution >= 0.6 is 0 Å². The van der Waals surface area contributed by atoms with Crippen LogP contribution in [0.4, 0.5) is 4.79 Å². The Bertz CT molecular complexity index is 374. The van der Waals surface area contributed by atoms with Gasteiger partial charge in [-0.15, -0.1) is 0 Å². The molecule has 0 aromatic heterocycles. The Balaban J connectivity index is 4.86. The first-order valence-corrected chi connectivity index (χ1v) is 6.41. The number of likely N-dealkylation sites (N-methyl/N-ethyl adjacent to an activating group) is 2. The second-order valence-corrected chi connectivity index (χ2v) is 5.89. The van der Waals surface area contributed by atoms with Crippen LogP contribution < -0.4 is 0 Å². The van der Waals surface area contributed by atoms with E-state index in [0.717, 1.165) is 0 Å². The fraction of sp³-hybridized carbons (Fsp3) is 0.769. The largest absolute Gasteiger partial charge is 0.481 e. The maximum Gasteiger partial charge on any atom is 0.320 e. The molecule has 0 aliphatic rings. The average molecular weight is 287 g/mol. The highest BCUT2D eigenvalue weighted by molar-refractivity contribution is 5.84. The van der Waals surface area contributed by atoms with Crippen molar-refractivity contribution in [2.45, 2.75) is 32.7 Å². The number of carboxylic acid groups (broad SMARTS) is 1. The first-order chi connectivity index (χ1) is 8.96. The summed E-state index contributed by atoms with van der Waals surface area (Å²) in [6, 6.07) is -0.353. The van der Waals surface area contributed by atoms with Gasteiger partial charge in [0.15, 0.2) is 0 Å². The van der Waals surface area contributed by atoms with Crippen molar-refractivity contribution in [2.75, 3.05) is 34.2 Å². The molecule has 0 unspecified atom stereocenters. The van der Waals surface area contributed by atoms with Gasteiger partial charge in [0.25, 0.3) is 0 Å². The third-order valence-corrected chi connectivity index (χ3v) is 2.79. The number of carbonyl (C=O) groups is 3. The highest BCUT2D eigenvalue weighted by Gasteiger charge is 2.29. The van der Waals surface area contributed by atoms with Gasteiger partial charge in [-0.3, -0.25) is 9.59 Å². The molecular formula is C13H25N3O4. The second kappa shape index (κ2) is 7.12. The molecule has 0 aliphatic heterocycles. The van der Waals surface area contributed by atoms with Crippen LogP contribution in [0, 0.1) is 0 Å². The number of carbonyl (C=O) groups excluding carboxylic acids is 2. The van der Waals surface area contributed by atoms with Gasteiger partial charge >= 0.3 is 12.0 Å². The van der Waals surface area contributed by atoms with E-state index in [1.54, 1.807) is 14.1 Å². The van der Waals surface area contributed by atoms with Crippen molar-refractivity contribution >= 4 is 17.9 Å². The molecule has 0 bridgehead atoms. The number of nitrogens with zero attached hydrogens (tertiary/aromatic N) is 3. The number of aliphatic carboxylic acids is 1. The Morgan fingerprint density at radius 3 is 1.90 bits per heavy atom. The second-order valence-electron chi connectivity index (χ2n) is 5.89. The molecule has 0 aromatic rings. The quantitative estimate of drug-likeness (QED) is 0.807. The monoisotopic (exact) mass is 287 g/mol. The molecule has 1 N–H and O–H groups in total. The van der Waals surface area contributed by atoms with E-state index < -0.39 is 11.5 Å². The average Bonchev–Trinajstić information content (AvgIpc) is 2.26. The minimum absolute atomic E-state index is 0.0362. The summed E-state index contributed by atoms with van der Waals surface area (Å²) < 4.78 is 0. The molecular weight excluding hydrogens is 262 g/mol. The summed E-state index contributed by atoms with van der Waals surface area (Å²) in [5, 5.41) is 8.75. The minimum Gasteiger partial charge on any atom is -0.481 e. The smallest absolute Gasteiger partial charge is 0.320 e. The number of carboxylic acids is 1. The SMILES string of the molecule is CN(C)C(=O)CN(C)C(=O)N(CCC(=O)O)C(C)(C)C. The van der Waals surface area contributed by atoms with Crippen LogP contribution in [0.1, 0.15) is 27.2 Å². The first kappa shape index (κ1) is 18.2. The number of hydrogen-bond acceptors (Lipinski definition) is 3. The van der Waals surface area contributed by atoms with Crippen LogP contribution in [-0.2, 0) is 9.59 Å². The highest BCUT2D eigenvalue weighted by atomic mass is 16.4. The molecule has 0 radical (unpaired) electrons. The van der Waals surface area contributed by atoms with E-state index >= 15 is 0 Å². The molecule has 0 rings (SSSR count). The minimum atomic E-state index is -0.959. The zero-order valence-electron chi connectivity index (χ0n) is 13.1. The summed E-state index contributed by atoms with van der Waals surface area (Å²) in [6.45, 7) is 5.56. The summed E-state index contributed by atoms with van der Waals surface area (Å²) in [5.41, 5.74) is -0.512. The summed E-state index contributed by atoms with van der Waals surface area (Å²) in [4.78, 5) is 38.8. The predicted octanol–water partition coefficient (Wildman–Crippen LogP) is 0.702. The predicted molar refractivity (Wildman–Crippen MR) is 75.4 cm³/mol. The molecule has 7 heteroatoms. The van der Waals surface area contributed by atoms with Gasteiger partial charge in [0.05, 0.1) is 6.42 Å². The lowest BCUT2D eigenvalue weighted by molar-refractivity contribution is -0.137. The Morgan fingerprint density at radius 2 is 1.55 bits per heavy atom. The van der Waals surface area contributed by atoms with Crippen molar-refractivity contribution < 1.29 is 19.5 Å². The van der Waals surface area contributed by atoms with Crippen LogP contribution in [0.15, 0.2) is 0 Å². The van der Waals surface area contributed by atoms with E-state index in [-0.39, 0.29) is 31.4 Å². The van der Waals surface area contributed by atoms with Crippen molar-refractivity contribution in [3.05, 3.63) is 0 Å². The summed E-state index contributed by atoms with van der Waals surface area (Å²) >= 11 is 0. The molecule has 7 nitrogen and oxygen atoms in total. The van der Waals surface area contributed by atoms with Gasteiger partial charge in [0.1, 0.15) is 6.54 Å². The Kier molecular flexibility index (Phi) is 6.48.